The van der Waals surface area contributed by atoms with Crippen LogP contribution in [0.25, 0.3) is 0 Å². The molecule has 72 valence electrons. The summed E-state index contributed by atoms with van der Waals surface area (Å²) in [7, 11) is 0. The first-order chi connectivity index (χ1) is 6.15. The Labute approximate surface area is 82.4 Å². The topological polar surface area (TPSA) is 34.5 Å². The summed E-state index contributed by atoms with van der Waals surface area (Å²) in [6, 6.07) is 0. The van der Waals surface area contributed by atoms with Crippen LogP contribution in [-0.4, -0.2) is 17.3 Å². The SMILES string of the molecule is CCO/N=C(\C)c1nc(C)c(C)s1. The molecule has 1 rings (SSSR count). The molecule has 0 saturated carbocycles. The Morgan fingerprint density at radius 3 is 2.69 bits per heavy atom. The molecule has 0 spiro atoms. The maximum atomic E-state index is 4.95. The van der Waals surface area contributed by atoms with Crippen LogP contribution in [0.15, 0.2) is 5.16 Å². The average Bonchev–Trinajstić information content (AvgIpc) is 2.43. The van der Waals surface area contributed by atoms with Gasteiger partial charge in [0.2, 0.25) is 0 Å². The van der Waals surface area contributed by atoms with Gasteiger partial charge < -0.3 is 4.84 Å². The Balaban J connectivity index is 2.82. The number of thiazole rings is 1. The van der Waals surface area contributed by atoms with E-state index in [0.717, 1.165) is 16.4 Å². The molecule has 0 radical (unpaired) electrons. The van der Waals surface area contributed by atoms with E-state index in [1.54, 1.807) is 11.3 Å². The van der Waals surface area contributed by atoms with E-state index in [0.29, 0.717) is 6.61 Å². The van der Waals surface area contributed by atoms with Crippen LogP contribution >= 0.6 is 11.3 Å². The highest BCUT2D eigenvalue weighted by atomic mass is 32.1. The zero-order chi connectivity index (χ0) is 9.84. The van der Waals surface area contributed by atoms with Crippen molar-refractivity contribution in [2.75, 3.05) is 6.61 Å². The molecule has 0 aliphatic carbocycles. The van der Waals surface area contributed by atoms with Gasteiger partial charge in [0.05, 0.1) is 5.69 Å². The Morgan fingerprint density at radius 1 is 1.54 bits per heavy atom. The summed E-state index contributed by atoms with van der Waals surface area (Å²) in [5, 5.41) is 4.88. The van der Waals surface area contributed by atoms with Crippen molar-refractivity contribution in [2.24, 2.45) is 5.16 Å². The fraction of sp³-hybridized carbons (Fsp3) is 0.556. The first-order valence-electron chi connectivity index (χ1n) is 4.26. The zero-order valence-electron chi connectivity index (χ0n) is 8.42. The van der Waals surface area contributed by atoms with Crippen LogP contribution in [-0.2, 0) is 4.84 Å². The second-order valence-corrected chi connectivity index (χ2v) is 3.96. The van der Waals surface area contributed by atoms with Crippen LogP contribution in [0.5, 0.6) is 0 Å². The van der Waals surface area contributed by atoms with Crippen LogP contribution in [0.1, 0.15) is 29.4 Å². The van der Waals surface area contributed by atoms with E-state index >= 15 is 0 Å². The van der Waals surface area contributed by atoms with E-state index in [9.17, 15) is 0 Å². The zero-order valence-corrected chi connectivity index (χ0v) is 9.23. The van der Waals surface area contributed by atoms with E-state index in [4.69, 9.17) is 4.84 Å². The van der Waals surface area contributed by atoms with Gasteiger partial charge in [-0.3, -0.25) is 0 Å². The van der Waals surface area contributed by atoms with Gasteiger partial charge in [0.25, 0.3) is 0 Å². The van der Waals surface area contributed by atoms with Gasteiger partial charge in [-0.2, -0.15) is 0 Å². The predicted molar refractivity (Wildman–Crippen MR) is 55.4 cm³/mol. The first kappa shape index (κ1) is 10.2. The van der Waals surface area contributed by atoms with Gasteiger partial charge in [0.1, 0.15) is 17.3 Å². The van der Waals surface area contributed by atoms with Crippen molar-refractivity contribution in [3.63, 3.8) is 0 Å². The number of aromatic nitrogens is 1. The lowest BCUT2D eigenvalue weighted by Gasteiger charge is -1.94. The van der Waals surface area contributed by atoms with E-state index in [2.05, 4.69) is 17.1 Å². The highest BCUT2D eigenvalue weighted by molar-refractivity contribution is 7.13. The minimum Gasteiger partial charge on any atom is -0.396 e. The summed E-state index contributed by atoms with van der Waals surface area (Å²) in [5.41, 5.74) is 1.93. The van der Waals surface area contributed by atoms with Crippen molar-refractivity contribution >= 4 is 17.0 Å². The molecule has 1 aromatic heterocycles. The average molecular weight is 198 g/mol. The molecule has 0 atom stereocenters. The predicted octanol–water partition coefficient (Wildman–Crippen LogP) is 2.52. The summed E-state index contributed by atoms with van der Waals surface area (Å²) in [4.78, 5) is 10.6. The minimum absolute atomic E-state index is 0.598. The lowest BCUT2D eigenvalue weighted by Crippen LogP contribution is -1.95. The summed E-state index contributed by atoms with van der Waals surface area (Å²) >= 11 is 1.65. The molecule has 0 unspecified atom stereocenters. The summed E-state index contributed by atoms with van der Waals surface area (Å²) in [6.45, 7) is 8.48. The van der Waals surface area contributed by atoms with Crippen molar-refractivity contribution in [1.82, 2.24) is 4.98 Å². The van der Waals surface area contributed by atoms with Crippen molar-refractivity contribution in [3.05, 3.63) is 15.6 Å². The third-order valence-electron chi connectivity index (χ3n) is 1.67. The van der Waals surface area contributed by atoms with Crippen LogP contribution in [0.3, 0.4) is 0 Å². The Bertz CT molecular complexity index is 298. The quantitative estimate of drug-likeness (QED) is 0.552. The normalized spacial score (nSPS) is 11.8. The number of hydrogen-bond donors (Lipinski definition) is 0. The lowest BCUT2D eigenvalue weighted by molar-refractivity contribution is 0.159. The second-order valence-electron chi connectivity index (χ2n) is 2.76. The number of nitrogens with zero attached hydrogens (tertiary/aromatic N) is 2. The molecule has 1 aromatic rings. The van der Waals surface area contributed by atoms with Crippen LogP contribution in [0.4, 0.5) is 0 Å². The third-order valence-corrected chi connectivity index (χ3v) is 2.85. The molecule has 3 nitrogen and oxygen atoms in total. The minimum atomic E-state index is 0.598. The van der Waals surface area contributed by atoms with E-state index in [1.807, 2.05) is 20.8 Å². The van der Waals surface area contributed by atoms with Crippen molar-refractivity contribution in [1.29, 1.82) is 0 Å². The standard InChI is InChI=1S/C9H14N2OS/c1-5-12-11-7(3)9-10-6(2)8(4)13-9/h5H2,1-4H3/b11-7+. The molecule has 0 N–H and O–H groups in total. The van der Waals surface area contributed by atoms with Gasteiger partial charge in [0, 0.05) is 4.88 Å². The van der Waals surface area contributed by atoms with Gasteiger partial charge >= 0.3 is 0 Å². The van der Waals surface area contributed by atoms with Gasteiger partial charge in [-0.1, -0.05) is 5.16 Å². The molecule has 13 heavy (non-hydrogen) atoms. The highest BCUT2D eigenvalue weighted by Gasteiger charge is 2.06. The first-order valence-corrected chi connectivity index (χ1v) is 5.07. The maximum absolute atomic E-state index is 4.95. The van der Waals surface area contributed by atoms with E-state index < -0.39 is 0 Å². The van der Waals surface area contributed by atoms with Crippen LogP contribution < -0.4 is 0 Å². The second kappa shape index (κ2) is 4.37. The maximum Gasteiger partial charge on any atom is 0.141 e. The van der Waals surface area contributed by atoms with Crippen LogP contribution in [0, 0.1) is 13.8 Å². The third kappa shape index (κ3) is 2.52. The number of rotatable bonds is 3. The molecule has 4 heteroatoms. The molecule has 0 aliphatic rings. The Hall–Kier alpha value is -0.900. The Morgan fingerprint density at radius 2 is 2.23 bits per heavy atom. The van der Waals surface area contributed by atoms with Gasteiger partial charge in [-0.15, -0.1) is 11.3 Å². The fourth-order valence-electron chi connectivity index (χ4n) is 0.828. The molecule has 0 aromatic carbocycles. The van der Waals surface area contributed by atoms with Crippen LogP contribution in [0.2, 0.25) is 0 Å². The number of oxime groups is 1. The van der Waals surface area contributed by atoms with Gasteiger partial charge in [-0.25, -0.2) is 4.98 Å². The summed E-state index contributed by atoms with van der Waals surface area (Å²) < 4.78 is 0. The number of aryl methyl sites for hydroxylation is 2. The molecule has 0 aliphatic heterocycles. The fourth-order valence-corrected chi connectivity index (χ4v) is 1.68. The largest absolute Gasteiger partial charge is 0.396 e. The molecular weight excluding hydrogens is 184 g/mol. The molecule has 0 amide bonds. The van der Waals surface area contributed by atoms with E-state index in [-0.39, 0.29) is 0 Å². The molecule has 0 bridgehead atoms. The monoisotopic (exact) mass is 198 g/mol. The van der Waals surface area contributed by atoms with Gasteiger partial charge in [-0.05, 0) is 27.7 Å². The summed E-state index contributed by atoms with van der Waals surface area (Å²) in [6.07, 6.45) is 0. The molecular formula is C9H14N2OS. The molecule has 1 heterocycles. The smallest absolute Gasteiger partial charge is 0.141 e. The van der Waals surface area contributed by atoms with Crippen molar-refractivity contribution in [2.45, 2.75) is 27.7 Å². The van der Waals surface area contributed by atoms with Crippen molar-refractivity contribution < 1.29 is 4.84 Å². The summed E-state index contributed by atoms with van der Waals surface area (Å²) in [5.74, 6) is 0. The van der Waals surface area contributed by atoms with Gasteiger partial charge in [0.15, 0.2) is 0 Å². The van der Waals surface area contributed by atoms with Crippen molar-refractivity contribution in [3.8, 4) is 0 Å². The highest BCUT2D eigenvalue weighted by Crippen LogP contribution is 2.17. The lowest BCUT2D eigenvalue weighted by atomic mass is 10.4. The Kier molecular flexibility index (Phi) is 3.42. The number of hydrogen-bond acceptors (Lipinski definition) is 4. The van der Waals surface area contributed by atoms with E-state index in [1.165, 1.54) is 4.88 Å². The molecule has 0 fully saturated rings. The molecule has 0 saturated heterocycles.